The average molecular weight is 307 g/mol. The molecule has 1 aliphatic rings. The molecule has 1 fully saturated rings. The van der Waals surface area contributed by atoms with Crippen LogP contribution in [0.3, 0.4) is 0 Å². The van der Waals surface area contributed by atoms with Crippen molar-refractivity contribution in [3.8, 4) is 0 Å². The highest BCUT2D eigenvalue weighted by atomic mass is 16.6. The quantitative estimate of drug-likeness (QED) is 0.924. The highest BCUT2D eigenvalue weighted by Gasteiger charge is 2.35. The Balaban J connectivity index is 1.94. The number of aliphatic hydroxyl groups is 1. The zero-order chi connectivity index (χ0) is 16.5. The Morgan fingerprint density at radius 1 is 1.45 bits per heavy atom. The van der Waals surface area contributed by atoms with Crippen molar-refractivity contribution in [1.29, 1.82) is 0 Å². The fourth-order valence-corrected chi connectivity index (χ4v) is 2.33. The molecule has 1 saturated heterocycles. The molecular formula is C16H25N3O3. The van der Waals surface area contributed by atoms with Gasteiger partial charge in [0.05, 0.1) is 18.3 Å². The predicted octanol–water partition coefficient (Wildman–Crippen LogP) is 1.94. The number of hydrogen-bond acceptors (Lipinski definition) is 5. The lowest BCUT2D eigenvalue weighted by molar-refractivity contribution is 0.0196. The molecule has 0 unspecified atom stereocenters. The predicted molar refractivity (Wildman–Crippen MR) is 84.9 cm³/mol. The highest BCUT2D eigenvalue weighted by Crippen LogP contribution is 2.24. The van der Waals surface area contributed by atoms with Crippen molar-refractivity contribution in [2.24, 2.45) is 0 Å². The van der Waals surface area contributed by atoms with E-state index in [1.807, 2.05) is 39.8 Å². The molecule has 0 saturated carbocycles. The van der Waals surface area contributed by atoms with E-state index < -0.39 is 5.60 Å². The van der Waals surface area contributed by atoms with Crippen LogP contribution in [0.2, 0.25) is 0 Å². The van der Waals surface area contributed by atoms with Gasteiger partial charge in [-0.2, -0.15) is 0 Å². The van der Waals surface area contributed by atoms with E-state index >= 15 is 0 Å². The second-order valence-electron chi connectivity index (χ2n) is 6.80. The van der Waals surface area contributed by atoms with Gasteiger partial charge in [0.2, 0.25) is 0 Å². The number of likely N-dealkylation sites (N-methyl/N-ethyl adjacent to an activating group) is 1. The first-order chi connectivity index (χ1) is 10.2. The maximum absolute atomic E-state index is 12.0. The SMILES string of the molecule is Cc1cc(CO)nc(N2CC(N(C)C(=O)OC(C)(C)C)C2)c1. The summed E-state index contributed by atoms with van der Waals surface area (Å²) in [4.78, 5) is 20.2. The van der Waals surface area contributed by atoms with Gasteiger partial charge in [0.15, 0.2) is 0 Å². The lowest BCUT2D eigenvalue weighted by Crippen LogP contribution is -2.60. The van der Waals surface area contributed by atoms with Crippen LogP contribution in [-0.2, 0) is 11.3 Å². The molecule has 0 aliphatic carbocycles. The van der Waals surface area contributed by atoms with Crippen molar-refractivity contribution < 1.29 is 14.6 Å². The molecule has 1 N–H and O–H groups in total. The van der Waals surface area contributed by atoms with E-state index in [0.717, 1.165) is 24.5 Å². The average Bonchev–Trinajstić information content (AvgIpc) is 2.34. The van der Waals surface area contributed by atoms with Gasteiger partial charge in [-0.25, -0.2) is 9.78 Å². The van der Waals surface area contributed by atoms with E-state index in [-0.39, 0.29) is 18.7 Å². The van der Waals surface area contributed by atoms with Gasteiger partial charge in [0.25, 0.3) is 0 Å². The molecule has 1 amide bonds. The lowest BCUT2D eigenvalue weighted by Gasteiger charge is -2.44. The van der Waals surface area contributed by atoms with Crippen molar-refractivity contribution in [2.45, 2.75) is 45.9 Å². The number of carbonyl (C=O) groups is 1. The molecule has 0 spiro atoms. The largest absolute Gasteiger partial charge is 0.444 e. The molecule has 6 heteroatoms. The fraction of sp³-hybridized carbons (Fsp3) is 0.625. The van der Waals surface area contributed by atoms with Crippen LogP contribution in [0.4, 0.5) is 10.6 Å². The Hall–Kier alpha value is -1.82. The lowest BCUT2D eigenvalue weighted by atomic mass is 10.1. The van der Waals surface area contributed by atoms with Crippen molar-refractivity contribution >= 4 is 11.9 Å². The standard InChI is InChI=1S/C16H25N3O3/c1-11-6-12(10-20)17-14(7-11)19-8-13(9-19)18(5)15(21)22-16(2,3)4/h6-7,13,20H,8-10H2,1-5H3. The summed E-state index contributed by atoms with van der Waals surface area (Å²) < 4.78 is 5.37. The van der Waals surface area contributed by atoms with E-state index in [2.05, 4.69) is 9.88 Å². The summed E-state index contributed by atoms with van der Waals surface area (Å²) in [5, 5.41) is 9.23. The van der Waals surface area contributed by atoms with Gasteiger partial charge in [-0.05, 0) is 45.4 Å². The molecule has 0 atom stereocenters. The number of amides is 1. The first-order valence-corrected chi connectivity index (χ1v) is 7.49. The molecule has 0 aromatic carbocycles. The highest BCUT2D eigenvalue weighted by molar-refractivity contribution is 5.69. The molecule has 122 valence electrons. The molecule has 1 aromatic heterocycles. The Morgan fingerprint density at radius 2 is 2.09 bits per heavy atom. The van der Waals surface area contributed by atoms with Crippen molar-refractivity contribution in [3.05, 3.63) is 23.4 Å². The number of aryl methyl sites for hydroxylation is 1. The number of anilines is 1. The van der Waals surface area contributed by atoms with E-state index in [1.165, 1.54) is 0 Å². The van der Waals surface area contributed by atoms with Crippen LogP contribution in [-0.4, -0.2) is 52.9 Å². The van der Waals surface area contributed by atoms with Crippen LogP contribution in [0.25, 0.3) is 0 Å². The Morgan fingerprint density at radius 3 is 2.64 bits per heavy atom. The minimum Gasteiger partial charge on any atom is -0.444 e. The Labute approximate surface area is 131 Å². The smallest absolute Gasteiger partial charge is 0.410 e. The van der Waals surface area contributed by atoms with Gasteiger partial charge in [0.1, 0.15) is 11.4 Å². The third-order valence-corrected chi connectivity index (χ3v) is 3.59. The van der Waals surface area contributed by atoms with Gasteiger partial charge in [-0.1, -0.05) is 0 Å². The summed E-state index contributed by atoms with van der Waals surface area (Å²) in [5.41, 5.74) is 1.25. The number of aromatic nitrogens is 1. The first kappa shape index (κ1) is 16.5. The summed E-state index contributed by atoms with van der Waals surface area (Å²) in [6, 6.07) is 3.98. The van der Waals surface area contributed by atoms with Crippen LogP contribution >= 0.6 is 0 Å². The van der Waals surface area contributed by atoms with Crippen LogP contribution in [0.1, 0.15) is 32.0 Å². The third kappa shape index (κ3) is 3.88. The number of ether oxygens (including phenoxy) is 1. The van der Waals surface area contributed by atoms with Crippen LogP contribution < -0.4 is 4.90 Å². The minimum absolute atomic E-state index is 0.0657. The molecule has 1 aromatic rings. The summed E-state index contributed by atoms with van der Waals surface area (Å²) in [6.45, 7) is 8.93. The van der Waals surface area contributed by atoms with Gasteiger partial charge < -0.3 is 19.6 Å². The zero-order valence-corrected chi connectivity index (χ0v) is 14.0. The van der Waals surface area contributed by atoms with Gasteiger partial charge in [-0.15, -0.1) is 0 Å². The number of hydrogen-bond donors (Lipinski definition) is 1. The molecule has 0 radical (unpaired) electrons. The van der Waals surface area contributed by atoms with Gasteiger partial charge in [-0.3, -0.25) is 0 Å². The molecule has 2 rings (SSSR count). The zero-order valence-electron chi connectivity index (χ0n) is 14.0. The normalized spacial score (nSPS) is 15.5. The monoisotopic (exact) mass is 307 g/mol. The molecule has 2 heterocycles. The van der Waals surface area contributed by atoms with Gasteiger partial charge >= 0.3 is 6.09 Å². The Bertz CT molecular complexity index is 548. The summed E-state index contributed by atoms with van der Waals surface area (Å²) in [6.07, 6.45) is -0.301. The van der Waals surface area contributed by atoms with E-state index in [0.29, 0.717) is 5.69 Å². The van der Waals surface area contributed by atoms with Crippen LogP contribution in [0, 0.1) is 6.92 Å². The second kappa shape index (κ2) is 6.12. The van der Waals surface area contributed by atoms with Crippen LogP contribution in [0.5, 0.6) is 0 Å². The van der Waals surface area contributed by atoms with Crippen molar-refractivity contribution in [2.75, 3.05) is 25.0 Å². The van der Waals surface area contributed by atoms with Crippen LogP contribution in [0.15, 0.2) is 12.1 Å². The van der Waals surface area contributed by atoms with Crippen molar-refractivity contribution in [1.82, 2.24) is 9.88 Å². The molecule has 1 aliphatic heterocycles. The van der Waals surface area contributed by atoms with E-state index in [1.54, 1.807) is 11.9 Å². The summed E-state index contributed by atoms with van der Waals surface area (Å²) in [5.74, 6) is 0.845. The topological polar surface area (TPSA) is 65.9 Å². The minimum atomic E-state index is -0.483. The van der Waals surface area contributed by atoms with Crippen molar-refractivity contribution in [3.63, 3.8) is 0 Å². The number of nitrogens with zero attached hydrogens (tertiary/aromatic N) is 3. The maximum Gasteiger partial charge on any atom is 0.410 e. The maximum atomic E-state index is 12.0. The molecule has 6 nitrogen and oxygen atoms in total. The van der Waals surface area contributed by atoms with E-state index in [9.17, 15) is 9.90 Å². The molecule has 0 bridgehead atoms. The number of carbonyl (C=O) groups excluding carboxylic acids is 1. The van der Waals surface area contributed by atoms with E-state index in [4.69, 9.17) is 4.74 Å². The third-order valence-electron chi connectivity index (χ3n) is 3.59. The second-order valence-corrected chi connectivity index (χ2v) is 6.80. The number of aliphatic hydroxyl groups excluding tert-OH is 1. The summed E-state index contributed by atoms with van der Waals surface area (Å²) in [7, 11) is 1.76. The first-order valence-electron chi connectivity index (χ1n) is 7.49. The fourth-order valence-electron chi connectivity index (χ4n) is 2.33. The van der Waals surface area contributed by atoms with Gasteiger partial charge in [0, 0.05) is 20.1 Å². The summed E-state index contributed by atoms with van der Waals surface area (Å²) >= 11 is 0. The number of rotatable bonds is 3. The number of pyridine rings is 1. The molecular weight excluding hydrogens is 282 g/mol. The molecule has 22 heavy (non-hydrogen) atoms. The Kier molecular flexibility index (Phi) is 4.60.